The highest BCUT2D eigenvalue weighted by Gasteiger charge is 2.12. The minimum atomic E-state index is 0.164. The number of nitrogens with one attached hydrogen (secondary N) is 1. The van der Waals surface area contributed by atoms with Crippen LogP contribution in [0.5, 0.6) is 5.75 Å². The van der Waals surface area contributed by atoms with Crippen molar-refractivity contribution in [1.82, 2.24) is 10.2 Å². The molecule has 0 unspecified atom stereocenters. The Balaban J connectivity index is 2.46. The van der Waals surface area contributed by atoms with Gasteiger partial charge in [0.1, 0.15) is 5.75 Å². The standard InChI is InChI=1S/C21H36Br2N2O/c1-5-7-11-25(12-8-6-2)13-9-10-24-16-18-14-19(22)15-20(23)21(18)26-17(3)4/h14-15,17,24H,5-13,16H2,1-4H3. The Bertz CT molecular complexity index is 501. The van der Waals surface area contributed by atoms with Crippen LogP contribution in [0.1, 0.15) is 65.4 Å². The molecule has 26 heavy (non-hydrogen) atoms. The summed E-state index contributed by atoms with van der Waals surface area (Å²) in [5.41, 5.74) is 1.19. The maximum atomic E-state index is 6.00. The molecule has 0 saturated carbocycles. The van der Waals surface area contributed by atoms with E-state index in [1.807, 2.05) is 6.07 Å². The largest absolute Gasteiger partial charge is 0.489 e. The van der Waals surface area contributed by atoms with E-state index >= 15 is 0 Å². The average molecular weight is 492 g/mol. The number of unbranched alkanes of at least 4 members (excludes halogenated alkanes) is 2. The fourth-order valence-corrected chi connectivity index (χ4v) is 4.27. The zero-order valence-corrected chi connectivity index (χ0v) is 20.1. The third-order valence-electron chi connectivity index (χ3n) is 4.24. The Kier molecular flexibility index (Phi) is 12.9. The Hall–Kier alpha value is -0.100. The molecule has 0 atom stereocenters. The van der Waals surface area contributed by atoms with Gasteiger partial charge in [0.25, 0.3) is 0 Å². The number of benzene rings is 1. The van der Waals surface area contributed by atoms with Gasteiger partial charge < -0.3 is 15.0 Å². The van der Waals surface area contributed by atoms with Crippen molar-refractivity contribution in [2.45, 2.75) is 72.4 Å². The van der Waals surface area contributed by atoms with Gasteiger partial charge in [-0.05, 0) is 87.4 Å². The van der Waals surface area contributed by atoms with Crippen LogP contribution in [0.2, 0.25) is 0 Å². The third-order valence-corrected chi connectivity index (χ3v) is 5.28. The van der Waals surface area contributed by atoms with Gasteiger partial charge in [-0.3, -0.25) is 0 Å². The smallest absolute Gasteiger partial charge is 0.138 e. The van der Waals surface area contributed by atoms with Gasteiger partial charge in [-0.25, -0.2) is 0 Å². The van der Waals surface area contributed by atoms with Crippen molar-refractivity contribution in [3.63, 3.8) is 0 Å². The molecule has 0 aromatic heterocycles. The molecule has 1 aromatic rings. The lowest BCUT2D eigenvalue weighted by Gasteiger charge is -2.22. The van der Waals surface area contributed by atoms with Gasteiger partial charge in [0, 0.05) is 16.6 Å². The number of halogens is 2. The van der Waals surface area contributed by atoms with Crippen LogP contribution in [0.4, 0.5) is 0 Å². The van der Waals surface area contributed by atoms with Gasteiger partial charge in [-0.1, -0.05) is 42.6 Å². The van der Waals surface area contributed by atoms with Crippen molar-refractivity contribution in [2.75, 3.05) is 26.2 Å². The maximum absolute atomic E-state index is 6.00. The maximum Gasteiger partial charge on any atom is 0.138 e. The van der Waals surface area contributed by atoms with Crippen molar-refractivity contribution in [3.8, 4) is 5.75 Å². The van der Waals surface area contributed by atoms with Gasteiger partial charge in [0.15, 0.2) is 0 Å². The second-order valence-corrected chi connectivity index (χ2v) is 8.89. The molecule has 5 heteroatoms. The molecule has 1 aromatic carbocycles. The first kappa shape index (κ1) is 23.9. The van der Waals surface area contributed by atoms with E-state index in [9.17, 15) is 0 Å². The average Bonchev–Trinajstić information content (AvgIpc) is 2.58. The van der Waals surface area contributed by atoms with Crippen molar-refractivity contribution in [3.05, 3.63) is 26.6 Å². The highest BCUT2D eigenvalue weighted by atomic mass is 79.9. The molecule has 0 bridgehead atoms. The molecule has 1 rings (SSSR count). The molecule has 0 amide bonds. The van der Waals surface area contributed by atoms with Gasteiger partial charge >= 0.3 is 0 Å². The van der Waals surface area contributed by atoms with E-state index in [2.05, 4.69) is 75.8 Å². The zero-order valence-electron chi connectivity index (χ0n) is 16.9. The van der Waals surface area contributed by atoms with Crippen molar-refractivity contribution in [2.24, 2.45) is 0 Å². The van der Waals surface area contributed by atoms with E-state index in [-0.39, 0.29) is 6.10 Å². The number of rotatable bonds is 14. The summed E-state index contributed by atoms with van der Waals surface area (Å²) in [5, 5.41) is 3.59. The molecular formula is C21H36Br2N2O. The SMILES string of the molecule is CCCCN(CCCC)CCCNCc1cc(Br)cc(Br)c1OC(C)C. The van der Waals surface area contributed by atoms with Gasteiger partial charge in [-0.2, -0.15) is 0 Å². The lowest BCUT2D eigenvalue weighted by molar-refractivity contribution is 0.237. The predicted octanol–water partition coefficient (Wildman–Crippen LogP) is 6.38. The fourth-order valence-electron chi connectivity index (χ4n) is 2.86. The third kappa shape index (κ3) is 9.72. The molecule has 0 fully saturated rings. The second-order valence-electron chi connectivity index (χ2n) is 7.12. The monoisotopic (exact) mass is 490 g/mol. The van der Waals surface area contributed by atoms with Crippen molar-refractivity contribution < 1.29 is 4.74 Å². The summed E-state index contributed by atoms with van der Waals surface area (Å²) in [6.45, 7) is 14.2. The molecule has 150 valence electrons. The predicted molar refractivity (Wildman–Crippen MR) is 120 cm³/mol. The van der Waals surface area contributed by atoms with Gasteiger partial charge in [-0.15, -0.1) is 0 Å². The summed E-state index contributed by atoms with van der Waals surface area (Å²) in [6, 6.07) is 4.19. The summed E-state index contributed by atoms with van der Waals surface area (Å²) in [6.07, 6.45) is 6.51. The normalized spacial score (nSPS) is 11.5. The van der Waals surface area contributed by atoms with Gasteiger partial charge in [0.05, 0.1) is 10.6 Å². The molecule has 1 N–H and O–H groups in total. The molecule has 0 radical (unpaired) electrons. The number of ether oxygens (including phenoxy) is 1. The quantitative estimate of drug-likeness (QED) is 0.305. The molecule has 0 aliphatic heterocycles. The molecule has 0 heterocycles. The lowest BCUT2D eigenvalue weighted by Crippen LogP contribution is -2.29. The van der Waals surface area contributed by atoms with Crippen molar-refractivity contribution in [1.29, 1.82) is 0 Å². The number of hydrogen-bond acceptors (Lipinski definition) is 3. The van der Waals surface area contributed by atoms with E-state index in [0.717, 1.165) is 27.8 Å². The van der Waals surface area contributed by atoms with Crippen LogP contribution in [-0.2, 0) is 6.54 Å². The molecular weight excluding hydrogens is 456 g/mol. The number of hydrogen-bond donors (Lipinski definition) is 1. The minimum absolute atomic E-state index is 0.164. The summed E-state index contributed by atoms with van der Waals surface area (Å²) < 4.78 is 8.07. The highest BCUT2D eigenvalue weighted by Crippen LogP contribution is 2.33. The second kappa shape index (κ2) is 14.0. The molecule has 0 saturated heterocycles. The molecule has 0 aliphatic carbocycles. The first-order chi connectivity index (χ1) is 12.5. The van der Waals surface area contributed by atoms with Crippen LogP contribution < -0.4 is 10.1 Å². The van der Waals surface area contributed by atoms with E-state index in [1.165, 1.54) is 57.3 Å². The van der Waals surface area contributed by atoms with Gasteiger partial charge in [0.2, 0.25) is 0 Å². The minimum Gasteiger partial charge on any atom is -0.489 e. The first-order valence-corrected chi connectivity index (χ1v) is 11.6. The molecule has 0 aliphatic rings. The van der Waals surface area contributed by atoms with E-state index in [4.69, 9.17) is 4.74 Å². The Morgan fingerprint density at radius 1 is 1.00 bits per heavy atom. The first-order valence-electron chi connectivity index (χ1n) is 10.1. The fraction of sp³-hybridized carbons (Fsp3) is 0.714. The van der Waals surface area contributed by atoms with Crippen LogP contribution >= 0.6 is 31.9 Å². The number of nitrogens with zero attached hydrogens (tertiary/aromatic N) is 1. The Morgan fingerprint density at radius 2 is 1.62 bits per heavy atom. The topological polar surface area (TPSA) is 24.5 Å². The van der Waals surface area contributed by atoms with Crippen molar-refractivity contribution >= 4 is 31.9 Å². The van der Waals surface area contributed by atoms with Crippen LogP contribution in [0.25, 0.3) is 0 Å². The highest BCUT2D eigenvalue weighted by molar-refractivity contribution is 9.11. The Labute approximate surface area is 177 Å². The lowest BCUT2D eigenvalue weighted by atomic mass is 10.2. The zero-order chi connectivity index (χ0) is 19.4. The summed E-state index contributed by atoms with van der Waals surface area (Å²) in [7, 11) is 0. The summed E-state index contributed by atoms with van der Waals surface area (Å²) in [5.74, 6) is 0.947. The summed E-state index contributed by atoms with van der Waals surface area (Å²) in [4.78, 5) is 2.62. The molecule has 0 spiro atoms. The summed E-state index contributed by atoms with van der Waals surface area (Å²) >= 11 is 7.21. The molecule has 3 nitrogen and oxygen atoms in total. The van der Waals surface area contributed by atoms with E-state index < -0.39 is 0 Å². The van der Waals surface area contributed by atoms with Crippen LogP contribution in [0.3, 0.4) is 0 Å². The Morgan fingerprint density at radius 3 is 2.19 bits per heavy atom. The van der Waals surface area contributed by atoms with Crippen LogP contribution in [0, 0.1) is 0 Å². The van der Waals surface area contributed by atoms with Crippen LogP contribution in [-0.4, -0.2) is 37.2 Å². The van der Waals surface area contributed by atoms with Crippen LogP contribution in [0.15, 0.2) is 21.1 Å². The van der Waals surface area contributed by atoms with E-state index in [1.54, 1.807) is 0 Å². The van der Waals surface area contributed by atoms with E-state index in [0.29, 0.717) is 0 Å².